The Kier molecular flexibility index (Phi) is 4.28. The minimum atomic E-state index is -0.434. The molecule has 0 aliphatic carbocycles. The Bertz CT molecular complexity index is 747. The number of carbonyl (C=O) groups is 2. The lowest BCUT2D eigenvalue weighted by molar-refractivity contribution is -0.137. The summed E-state index contributed by atoms with van der Waals surface area (Å²) in [7, 11) is 0. The van der Waals surface area contributed by atoms with Crippen LogP contribution in [0, 0.1) is 5.82 Å². The van der Waals surface area contributed by atoms with Crippen LogP contribution >= 0.6 is 11.8 Å². The van der Waals surface area contributed by atoms with E-state index in [4.69, 9.17) is 5.84 Å². The summed E-state index contributed by atoms with van der Waals surface area (Å²) in [6.45, 7) is 0.296. The lowest BCUT2D eigenvalue weighted by Crippen LogP contribution is -2.31. The zero-order valence-corrected chi connectivity index (χ0v) is 12.9. The molecule has 1 aromatic carbocycles. The van der Waals surface area contributed by atoms with Gasteiger partial charge in [0.1, 0.15) is 5.82 Å². The van der Waals surface area contributed by atoms with Crippen molar-refractivity contribution in [2.45, 2.75) is 18.0 Å². The number of thioether (sulfide) groups is 1. The molecule has 9 heteroatoms. The van der Waals surface area contributed by atoms with E-state index in [1.54, 1.807) is 18.2 Å². The van der Waals surface area contributed by atoms with Crippen molar-refractivity contribution in [1.29, 1.82) is 0 Å². The van der Waals surface area contributed by atoms with Gasteiger partial charge in [-0.05, 0) is 12.1 Å². The highest BCUT2D eigenvalue weighted by molar-refractivity contribution is 7.99. The van der Waals surface area contributed by atoms with Crippen molar-refractivity contribution in [3.8, 4) is 11.4 Å². The average molecular weight is 335 g/mol. The number of nitrogens with two attached hydrogens (primary N) is 1. The van der Waals surface area contributed by atoms with Crippen molar-refractivity contribution >= 4 is 23.6 Å². The largest absolute Gasteiger partial charge is 0.335 e. The predicted octanol–water partition coefficient (Wildman–Crippen LogP) is 1.04. The quantitative estimate of drug-likeness (QED) is 0.498. The Morgan fingerprint density at radius 1 is 1.17 bits per heavy atom. The second kappa shape index (κ2) is 6.37. The first-order valence-corrected chi connectivity index (χ1v) is 7.98. The molecule has 0 atom stereocenters. The molecular formula is C14H14FN5O2S. The second-order valence-electron chi connectivity index (χ2n) is 4.94. The first kappa shape index (κ1) is 15.5. The molecule has 120 valence electrons. The molecule has 1 saturated heterocycles. The topological polar surface area (TPSA) is 94.1 Å². The standard InChI is InChI=1S/C14H14FN5O2S/c15-10-4-2-1-3-9(10)13-17-18-14(20(13)16)23-8-7-19-11(21)5-6-12(19)22/h1-4H,5-8,16H2. The fourth-order valence-corrected chi connectivity index (χ4v) is 3.08. The summed E-state index contributed by atoms with van der Waals surface area (Å²) in [5, 5.41) is 8.23. The maximum Gasteiger partial charge on any atom is 0.229 e. The number of benzene rings is 1. The van der Waals surface area contributed by atoms with Crippen LogP contribution in [0.3, 0.4) is 0 Å². The third-order valence-electron chi connectivity index (χ3n) is 3.48. The molecule has 2 heterocycles. The Hall–Kier alpha value is -2.42. The van der Waals surface area contributed by atoms with Gasteiger partial charge < -0.3 is 5.84 Å². The minimum absolute atomic E-state index is 0.156. The third-order valence-corrected chi connectivity index (χ3v) is 4.40. The van der Waals surface area contributed by atoms with Crippen molar-refractivity contribution < 1.29 is 14.0 Å². The van der Waals surface area contributed by atoms with Crippen LogP contribution in [0.4, 0.5) is 4.39 Å². The fraction of sp³-hybridized carbons (Fsp3) is 0.286. The summed E-state index contributed by atoms with van der Waals surface area (Å²) in [5.41, 5.74) is 0.263. The summed E-state index contributed by atoms with van der Waals surface area (Å²) >= 11 is 1.26. The number of hydrogen-bond donors (Lipinski definition) is 1. The van der Waals surface area contributed by atoms with Gasteiger partial charge in [-0.3, -0.25) is 14.5 Å². The lowest BCUT2D eigenvalue weighted by atomic mass is 10.2. The van der Waals surface area contributed by atoms with Gasteiger partial charge in [0, 0.05) is 25.1 Å². The van der Waals surface area contributed by atoms with Crippen molar-refractivity contribution in [1.82, 2.24) is 19.8 Å². The molecular weight excluding hydrogens is 321 g/mol. The van der Waals surface area contributed by atoms with E-state index in [9.17, 15) is 14.0 Å². The Morgan fingerprint density at radius 2 is 1.87 bits per heavy atom. The van der Waals surface area contributed by atoms with Gasteiger partial charge in [0.25, 0.3) is 0 Å². The van der Waals surface area contributed by atoms with Crippen LogP contribution in [-0.4, -0.2) is 43.9 Å². The molecule has 23 heavy (non-hydrogen) atoms. The molecule has 3 rings (SSSR count). The van der Waals surface area contributed by atoms with Crippen molar-refractivity contribution in [2.24, 2.45) is 0 Å². The Labute approximate surface area is 135 Å². The highest BCUT2D eigenvalue weighted by Gasteiger charge is 2.28. The first-order chi connectivity index (χ1) is 11.1. The summed E-state index contributed by atoms with van der Waals surface area (Å²) < 4.78 is 15.0. The molecule has 7 nitrogen and oxygen atoms in total. The zero-order chi connectivity index (χ0) is 16.4. The molecule has 1 aliphatic heterocycles. The van der Waals surface area contributed by atoms with Gasteiger partial charge in [0.15, 0.2) is 5.82 Å². The van der Waals surface area contributed by atoms with E-state index in [0.717, 1.165) is 0 Å². The van der Waals surface area contributed by atoms with Crippen LogP contribution < -0.4 is 5.84 Å². The number of imide groups is 1. The van der Waals surface area contributed by atoms with Crippen LogP contribution in [0.15, 0.2) is 29.4 Å². The number of rotatable bonds is 5. The molecule has 1 fully saturated rings. The molecule has 0 unspecified atom stereocenters. The van der Waals surface area contributed by atoms with Crippen molar-refractivity contribution in [3.05, 3.63) is 30.1 Å². The van der Waals surface area contributed by atoms with E-state index in [0.29, 0.717) is 17.5 Å². The van der Waals surface area contributed by atoms with E-state index in [1.807, 2.05) is 0 Å². The third kappa shape index (κ3) is 3.04. The van der Waals surface area contributed by atoms with Gasteiger partial charge in [-0.2, -0.15) is 0 Å². The Morgan fingerprint density at radius 3 is 2.57 bits per heavy atom. The summed E-state index contributed by atoms with van der Waals surface area (Å²) in [6, 6.07) is 6.15. The normalized spacial score (nSPS) is 14.7. The van der Waals surface area contributed by atoms with Gasteiger partial charge >= 0.3 is 0 Å². The average Bonchev–Trinajstić information content (AvgIpc) is 3.05. The lowest BCUT2D eigenvalue weighted by Gasteiger charge is -2.12. The van der Waals surface area contributed by atoms with Crippen LogP contribution in [0.1, 0.15) is 12.8 Å². The number of aromatic nitrogens is 3. The van der Waals surface area contributed by atoms with Crippen LogP contribution in [0.5, 0.6) is 0 Å². The summed E-state index contributed by atoms with van der Waals surface area (Å²) in [5.74, 6) is 5.83. The molecule has 0 radical (unpaired) electrons. The number of nitrogen functional groups attached to an aromatic ring is 1. The van der Waals surface area contributed by atoms with E-state index >= 15 is 0 Å². The van der Waals surface area contributed by atoms with Crippen LogP contribution in [-0.2, 0) is 9.59 Å². The first-order valence-electron chi connectivity index (χ1n) is 6.99. The number of amides is 2. The smallest absolute Gasteiger partial charge is 0.229 e. The molecule has 0 saturated carbocycles. The number of halogens is 1. The number of likely N-dealkylation sites (tertiary alicyclic amines) is 1. The van der Waals surface area contributed by atoms with Gasteiger partial charge in [0.05, 0.1) is 5.56 Å². The molecule has 0 bridgehead atoms. The van der Waals surface area contributed by atoms with Gasteiger partial charge in [0.2, 0.25) is 17.0 Å². The van der Waals surface area contributed by atoms with Crippen molar-refractivity contribution in [2.75, 3.05) is 18.1 Å². The SMILES string of the molecule is Nn1c(SCCN2C(=O)CCC2=O)nnc1-c1ccccc1F. The summed E-state index contributed by atoms with van der Waals surface area (Å²) in [4.78, 5) is 24.3. The molecule has 2 aromatic rings. The maximum atomic E-state index is 13.8. The van der Waals surface area contributed by atoms with E-state index < -0.39 is 5.82 Å². The Balaban J connectivity index is 1.67. The van der Waals surface area contributed by atoms with Gasteiger partial charge in [-0.1, -0.05) is 23.9 Å². The maximum absolute atomic E-state index is 13.8. The fourth-order valence-electron chi connectivity index (χ4n) is 2.30. The number of nitrogens with zero attached hydrogens (tertiary/aromatic N) is 4. The van der Waals surface area contributed by atoms with E-state index in [1.165, 1.54) is 27.4 Å². The van der Waals surface area contributed by atoms with Crippen molar-refractivity contribution in [3.63, 3.8) is 0 Å². The van der Waals surface area contributed by atoms with E-state index in [-0.39, 0.29) is 36.0 Å². The summed E-state index contributed by atoms with van der Waals surface area (Å²) in [6.07, 6.45) is 0.544. The van der Waals surface area contributed by atoms with Crippen LogP contribution in [0.2, 0.25) is 0 Å². The second-order valence-corrected chi connectivity index (χ2v) is 6.01. The van der Waals surface area contributed by atoms with E-state index in [2.05, 4.69) is 10.2 Å². The highest BCUT2D eigenvalue weighted by Crippen LogP contribution is 2.24. The van der Waals surface area contributed by atoms with Gasteiger partial charge in [-0.25, -0.2) is 9.07 Å². The molecule has 1 aliphatic rings. The number of carbonyl (C=O) groups excluding carboxylic acids is 2. The molecule has 2 N–H and O–H groups in total. The minimum Gasteiger partial charge on any atom is -0.335 e. The van der Waals surface area contributed by atoms with Crippen LogP contribution in [0.25, 0.3) is 11.4 Å². The monoisotopic (exact) mass is 335 g/mol. The highest BCUT2D eigenvalue weighted by atomic mass is 32.2. The zero-order valence-electron chi connectivity index (χ0n) is 12.1. The number of hydrogen-bond acceptors (Lipinski definition) is 6. The predicted molar refractivity (Wildman–Crippen MR) is 82.2 cm³/mol. The van der Waals surface area contributed by atoms with Gasteiger partial charge in [-0.15, -0.1) is 10.2 Å². The molecule has 0 spiro atoms. The molecule has 2 amide bonds. The molecule has 1 aromatic heterocycles.